The van der Waals surface area contributed by atoms with E-state index in [2.05, 4.69) is 10.3 Å². The molecule has 22 heavy (non-hydrogen) atoms. The monoisotopic (exact) mass is 310 g/mol. The largest absolute Gasteiger partial charge is 0.321 e. The number of hydrogen-bond donors (Lipinski definition) is 2. The number of fused-ring (bicyclic) bond motifs is 1. The molecule has 1 aromatic heterocycles. The highest BCUT2D eigenvalue weighted by molar-refractivity contribution is 7.98. The van der Waals surface area contributed by atoms with E-state index in [4.69, 9.17) is 0 Å². The molecule has 110 valence electrons. The minimum atomic E-state index is -0.332. The summed E-state index contributed by atoms with van der Waals surface area (Å²) in [6.07, 6.45) is 1.97. The Bertz CT molecular complexity index is 902. The molecular weight excluding hydrogens is 296 g/mol. The Morgan fingerprint density at radius 1 is 1.09 bits per heavy atom. The Balaban J connectivity index is 1.93. The van der Waals surface area contributed by atoms with E-state index >= 15 is 0 Å². The van der Waals surface area contributed by atoms with Gasteiger partial charge in [-0.3, -0.25) is 9.59 Å². The van der Waals surface area contributed by atoms with Crippen LogP contribution < -0.4 is 10.9 Å². The summed E-state index contributed by atoms with van der Waals surface area (Å²) in [5.41, 5.74) is 0.685. The smallest absolute Gasteiger partial charge is 0.272 e. The number of benzene rings is 2. The maximum absolute atomic E-state index is 12.3. The highest BCUT2D eigenvalue weighted by atomic mass is 32.2. The predicted octanol–water partition coefficient (Wildman–Crippen LogP) is 3.50. The van der Waals surface area contributed by atoms with Crippen molar-refractivity contribution in [3.63, 3.8) is 0 Å². The molecule has 0 aliphatic rings. The van der Waals surface area contributed by atoms with Crippen molar-refractivity contribution in [3.8, 4) is 0 Å². The van der Waals surface area contributed by atoms with E-state index < -0.39 is 0 Å². The molecule has 0 fully saturated rings. The third-order valence-corrected chi connectivity index (χ3v) is 4.05. The summed E-state index contributed by atoms with van der Waals surface area (Å²) >= 11 is 1.60. The van der Waals surface area contributed by atoms with Crippen LogP contribution in [0.5, 0.6) is 0 Å². The summed E-state index contributed by atoms with van der Waals surface area (Å²) in [7, 11) is 0. The topological polar surface area (TPSA) is 62.0 Å². The SMILES string of the molecule is CSc1cccc(NC(=O)c2cc3ccccc3c(=O)[nH]2)c1. The number of H-pyrrole nitrogens is 1. The van der Waals surface area contributed by atoms with Crippen molar-refractivity contribution < 1.29 is 4.79 Å². The number of carbonyl (C=O) groups excluding carboxylic acids is 1. The van der Waals surface area contributed by atoms with Crippen LogP contribution in [0.15, 0.2) is 64.3 Å². The number of carbonyl (C=O) groups is 1. The normalized spacial score (nSPS) is 10.6. The van der Waals surface area contributed by atoms with E-state index in [1.807, 2.05) is 42.7 Å². The summed E-state index contributed by atoms with van der Waals surface area (Å²) < 4.78 is 0. The second kappa shape index (κ2) is 6.07. The number of thioether (sulfide) groups is 1. The average Bonchev–Trinajstić information content (AvgIpc) is 2.55. The first-order valence-corrected chi connectivity index (χ1v) is 7.97. The Morgan fingerprint density at radius 3 is 2.73 bits per heavy atom. The fraction of sp³-hybridized carbons (Fsp3) is 0.0588. The van der Waals surface area contributed by atoms with Gasteiger partial charge in [-0.1, -0.05) is 24.3 Å². The van der Waals surface area contributed by atoms with Gasteiger partial charge in [-0.25, -0.2) is 0 Å². The summed E-state index contributed by atoms with van der Waals surface area (Å²) in [5, 5.41) is 4.12. The molecule has 0 unspecified atom stereocenters. The molecular formula is C17H14N2O2S. The molecule has 5 heteroatoms. The molecule has 2 N–H and O–H groups in total. The van der Waals surface area contributed by atoms with Gasteiger partial charge in [0.25, 0.3) is 11.5 Å². The summed E-state index contributed by atoms with van der Waals surface area (Å²) in [6.45, 7) is 0. The van der Waals surface area contributed by atoms with Crippen LogP contribution in [0, 0.1) is 0 Å². The molecule has 0 spiro atoms. The average molecular weight is 310 g/mol. The Hall–Kier alpha value is -2.53. The zero-order valence-corrected chi connectivity index (χ0v) is 12.7. The third kappa shape index (κ3) is 2.89. The summed E-state index contributed by atoms with van der Waals surface area (Å²) in [4.78, 5) is 28.0. The van der Waals surface area contributed by atoms with Crippen LogP contribution in [-0.2, 0) is 0 Å². The van der Waals surface area contributed by atoms with Crippen molar-refractivity contribution in [1.82, 2.24) is 4.98 Å². The predicted molar refractivity (Wildman–Crippen MR) is 90.7 cm³/mol. The van der Waals surface area contributed by atoms with Crippen LogP contribution in [0.2, 0.25) is 0 Å². The molecule has 0 saturated heterocycles. The number of anilines is 1. The van der Waals surface area contributed by atoms with Crippen LogP contribution in [-0.4, -0.2) is 17.1 Å². The lowest BCUT2D eigenvalue weighted by Gasteiger charge is -2.07. The molecule has 0 bridgehead atoms. The lowest BCUT2D eigenvalue weighted by Crippen LogP contribution is -2.18. The fourth-order valence-electron chi connectivity index (χ4n) is 2.23. The Morgan fingerprint density at radius 2 is 1.91 bits per heavy atom. The molecule has 3 rings (SSSR count). The minimum absolute atomic E-state index is 0.248. The van der Waals surface area contributed by atoms with Gasteiger partial charge in [0.15, 0.2) is 0 Å². The van der Waals surface area contributed by atoms with Crippen LogP contribution in [0.3, 0.4) is 0 Å². The Labute approximate surface area is 131 Å². The number of nitrogens with one attached hydrogen (secondary N) is 2. The quantitative estimate of drug-likeness (QED) is 0.728. The van der Waals surface area contributed by atoms with Crippen molar-refractivity contribution in [3.05, 3.63) is 70.6 Å². The van der Waals surface area contributed by atoms with Gasteiger partial charge in [-0.05, 0) is 42.0 Å². The summed E-state index contributed by atoms with van der Waals surface area (Å²) in [5.74, 6) is -0.332. The van der Waals surface area contributed by atoms with Crippen LogP contribution in [0.1, 0.15) is 10.5 Å². The van der Waals surface area contributed by atoms with Gasteiger partial charge >= 0.3 is 0 Å². The van der Waals surface area contributed by atoms with E-state index in [9.17, 15) is 9.59 Å². The fourth-order valence-corrected chi connectivity index (χ4v) is 2.69. The lowest BCUT2D eigenvalue weighted by molar-refractivity contribution is 0.102. The number of pyridine rings is 1. The van der Waals surface area contributed by atoms with E-state index in [-0.39, 0.29) is 17.2 Å². The first kappa shape index (κ1) is 14.4. The van der Waals surface area contributed by atoms with Gasteiger partial charge in [0.05, 0.1) is 0 Å². The zero-order valence-electron chi connectivity index (χ0n) is 11.9. The van der Waals surface area contributed by atoms with Crippen molar-refractivity contribution >= 4 is 34.1 Å². The highest BCUT2D eigenvalue weighted by Gasteiger charge is 2.10. The van der Waals surface area contributed by atoms with Crippen molar-refractivity contribution in [2.24, 2.45) is 0 Å². The number of rotatable bonds is 3. The molecule has 1 amide bonds. The van der Waals surface area contributed by atoms with Gasteiger partial charge < -0.3 is 10.3 Å². The van der Waals surface area contributed by atoms with E-state index in [0.717, 1.165) is 10.3 Å². The second-order valence-electron chi connectivity index (χ2n) is 4.79. The van der Waals surface area contributed by atoms with Crippen molar-refractivity contribution in [1.29, 1.82) is 0 Å². The van der Waals surface area contributed by atoms with Crippen LogP contribution in [0.25, 0.3) is 10.8 Å². The van der Waals surface area contributed by atoms with Crippen LogP contribution in [0.4, 0.5) is 5.69 Å². The van der Waals surface area contributed by atoms with Crippen molar-refractivity contribution in [2.45, 2.75) is 4.90 Å². The first-order valence-electron chi connectivity index (χ1n) is 6.75. The minimum Gasteiger partial charge on any atom is -0.321 e. The van der Waals surface area contributed by atoms with E-state index in [1.54, 1.807) is 30.0 Å². The van der Waals surface area contributed by atoms with E-state index in [0.29, 0.717) is 11.1 Å². The molecule has 0 atom stereocenters. The van der Waals surface area contributed by atoms with E-state index in [1.165, 1.54) is 0 Å². The van der Waals surface area contributed by atoms with Gasteiger partial charge in [0.2, 0.25) is 0 Å². The molecule has 0 saturated carbocycles. The third-order valence-electron chi connectivity index (χ3n) is 3.33. The molecule has 0 radical (unpaired) electrons. The van der Waals surface area contributed by atoms with Crippen LogP contribution >= 0.6 is 11.8 Å². The molecule has 3 aromatic rings. The van der Waals surface area contributed by atoms with Gasteiger partial charge in [-0.2, -0.15) is 0 Å². The molecule has 0 aliphatic heterocycles. The molecule has 1 heterocycles. The number of aromatic amines is 1. The Kier molecular flexibility index (Phi) is 3.98. The maximum Gasteiger partial charge on any atom is 0.272 e. The number of amides is 1. The summed E-state index contributed by atoms with van der Waals surface area (Å²) in [6, 6.07) is 16.4. The highest BCUT2D eigenvalue weighted by Crippen LogP contribution is 2.19. The number of aromatic nitrogens is 1. The lowest BCUT2D eigenvalue weighted by atomic mass is 10.1. The standard InChI is InChI=1S/C17H14N2O2S/c1-22-13-7-4-6-12(10-13)18-17(21)15-9-11-5-2-3-8-14(11)16(20)19-15/h2-10H,1H3,(H,18,21)(H,19,20). The first-order chi connectivity index (χ1) is 10.7. The number of hydrogen-bond acceptors (Lipinski definition) is 3. The molecule has 4 nitrogen and oxygen atoms in total. The molecule has 0 aliphatic carbocycles. The van der Waals surface area contributed by atoms with Crippen molar-refractivity contribution in [2.75, 3.05) is 11.6 Å². The van der Waals surface area contributed by atoms with Gasteiger partial charge in [-0.15, -0.1) is 11.8 Å². The zero-order chi connectivity index (χ0) is 15.5. The molecule has 2 aromatic carbocycles. The maximum atomic E-state index is 12.3. The second-order valence-corrected chi connectivity index (χ2v) is 5.67. The van der Waals surface area contributed by atoms with Gasteiger partial charge in [0.1, 0.15) is 5.69 Å². The van der Waals surface area contributed by atoms with Gasteiger partial charge in [0, 0.05) is 16.0 Å².